The van der Waals surface area contributed by atoms with Crippen molar-refractivity contribution in [2.75, 3.05) is 25.7 Å². The number of thioether (sulfide) groups is 1. The summed E-state index contributed by atoms with van der Waals surface area (Å²) in [5.74, 6) is 0.180. The molecule has 0 aromatic rings. The summed E-state index contributed by atoms with van der Waals surface area (Å²) >= 11 is 1.61. The van der Waals surface area contributed by atoms with Crippen molar-refractivity contribution in [3.05, 3.63) is 0 Å². The van der Waals surface area contributed by atoms with E-state index in [4.69, 9.17) is 10.4 Å². The Kier molecular flexibility index (Phi) is 8.29. The lowest BCUT2D eigenvalue weighted by Gasteiger charge is -2.14. The number of nitrogens with zero attached hydrogens (tertiary/aromatic N) is 2. The largest absolute Gasteiger partial charge is 0.398 e. The third-order valence-corrected chi connectivity index (χ3v) is 2.37. The van der Waals surface area contributed by atoms with Crippen molar-refractivity contribution in [3.63, 3.8) is 0 Å². The van der Waals surface area contributed by atoms with Crippen molar-refractivity contribution >= 4 is 23.4 Å². The molecule has 0 aliphatic rings. The highest BCUT2D eigenvalue weighted by Gasteiger charge is 2.16. The van der Waals surface area contributed by atoms with Gasteiger partial charge in [-0.05, 0) is 18.4 Å². The van der Waals surface area contributed by atoms with E-state index in [0.717, 1.165) is 5.75 Å². The highest BCUT2D eigenvalue weighted by molar-refractivity contribution is 7.98. The molecule has 7 heteroatoms. The summed E-state index contributed by atoms with van der Waals surface area (Å²) in [6.07, 6.45) is 2.57. The Morgan fingerprint density at radius 2 is 2.44 bits per heavy atom. The average Bonchev–Trinajstić information content (AvgIpc) is 2.30. The van der Waals surface area contributed by atoms with Crippen LogP contribution >= 0.6 is 11.8 Å². The van der Waals surface area contributed by atoms with E-state index in [1.54, 1.807) is 17.8 Å². The number of carbonyl (C=O) groups excluding carboxylic acids is 1. The minimum absolute atomic E-state index is 0.169. The number of aliphatic hydroxyl groups is 1. The Balaban J connectivity index is 4.29. The molecule has 90 valence electrons. The molecule has 0 aliphatic heterocycles. The minimum atomic E-state index is -0.635. The summed E-state index contributed by atoms with van der Waals surface area (Å²) in [7, 11) is 1.25. The zero-order valence-electron chi connectivity index (χ0n) is 9.27. The standard InChI is InChI=1S/C9H15N3O3S/c1-15-12-8(5-10)9(14)11-7(6-13)3-4-16-2/h7,13H,3-4,6H2,1-2H3,(H,11,14)/b12-8+. The maximum absolute atomic E-state index is 11.4. The quantitative estimate of drug-likeness (QED) is 0.476. The number of aliphatic hydroxyl groups excluding tert-OH is 1. The normalized spacial score (nSPS) is 12.8. The predicted octanol–water partition coefficient (Wildman–Crippen LogP) is -0.257. The molecular formula is C9H15N3O3S. The Labute approximate surface area is 98.6 Å². The van der Waals surface area contributed by atoms with E-state index in [1.165, 1.54) is 7.11 Å². The van der Waals surface area contributed by atoms with E-state index in [2.05, 4.69) is 15.3 Å². The van der Waals surface area contributed by atoms with Crippen molar-refractivity contribution in [2.24, 2.45) is 5.16 Å². The molecule has 0 aliphatic carbocycles. The highest BCUT2D eigenvalue weighted by atomic mass is 32.2. The summed E-state index contributed by atoms with van der Waals surface area (Å²) in [5.41, 5.74) is -0.356. The molecular weight excluding hydrogens is 230 g/mol. The second kappa shape index (κ2) is 9.00. The van der Waals surface area contributed by atoms with Crippen molar-refractivity contribution in [1.29, 1.82) is 5.26 Å². The second-order valence-corrected chi connectivity index (χ2v) is 3.85. The lowest BCUT2D eigenvalue weighted by molar-refractivity contribution is -0.115. The number of hydrogen-bond acceptors (Lipinski definition) is 6. The van der Waals surface area contributed by atoms with Crippen molar-refractivity contribution in [1.82, 2.24) is 5.32 Å². The zero-order chi connectivity index (χ0) is 12.4. The number of rotatable bonds is 7. The van der Waals surface area contributed by atoms with Crippen LogP contribution in [-0.2, 0) is 9.63 Å². The molecule has 0 fully saturated rings. The molecule has 0 spiro atoms. The Hall–Kier alpha value is -1.26. The minimum Gasteiger partial charge on any atom is -0.398 e. The van der Waals surface area contributed by atoms with E-state index in [0.29, 0.717) is 6.42 Å². The molecule has 16 heavy (non-hydrogen) atoms. The first-order valence-corrected chi connectivity index (χ1v) is 6.00. The highest BCUT2D eigenvalue weighted by Crippen LogP contribution is 2.00. The van der Waals surface area contributed by atoms with Gasteiger partial charge in [0, 0.05) is 0 Å². The molecule has 1 atom stereocenters. The van der Waals surface area contributed by atoms with Gasteiger partial charge in [0.15, 0.2) is 0 Å². The van der Waals surface area contributed by atoms with Crippen LogP contribution in [0, 0.1) is 11.3 Å². The van der Waals surface area contributed by atoms with Gasteiger partial charge in [-0.2, -0.15) is 17.0 Å². The molecule has 0 saturated carbocycles. The van der Waals surface area contributed by atoms with Gasteiger partial charge < -0.3 is 15.3 Å². The average molecular weight is 245 g/mol. The molecule has 0 aromatic heterocycles. The molecule has 6 nitrogen and oxygen atoms in total. The van der Waals surface area contributed by atoms with Crippen molar-refractivity contribution in [2.45, 2.75) is 12.5 Å². The Morgan fingerprint density at radius 3 is 2.88 bits per heavy atom. The monoisotopic (exact) mass is 245 g/mol. The summed E-state index contributed by atoms with van der Waals surface area (Å²) < 4.78 is 0. The summed E-state index contributed by atoms with van der Waals surface area (Å²) in [6.45, 7) is -0.169. The number of amides is 1. The van der Waals surface area contributed by atoms with E-state index < -0.39 is 5.91 Å². The third-order valence-electron chi connectivity index (χ3n) is 1.73. The molecule has 0 aromatic carbocycles. The van der Waals surface area contributed by atoms with E-state index in [9.17, 15) is 4.79 Å². The van der Waals surface area contributed by atoms with Gasteiger partial charge in [-0.3, -0.25) is 4.79 Å². The van der Waals surface area contributed by atoms with Crippen molar-refractivity contribution < 1.29 is 14.7 Å². The zero-order valence-corrected chi connectivity index (χ0v) is 10.1. The van der Waals surface area contributed by atoms with Gasteiger partial charge in [0.05, 0.1) is 12.6 Å². The van der Waals surface area contributed by atoms with Crippen LogP contribution < -0.4 is 5.32 Å². The molecule has 1 amide bonds. The summed E-state index contributed by atoms with van der Waals surface area (Å²) in [5, 5.41) is 23.4. The fourth-order valence-corrected chi connectivity index (χ4v) is 1.45. The van der Waals surface area contributed by atoms with Crippen LogP contribution in [-0.4, -0.2) is 48.5 Å². The molecule has 0 rings (SSSR count). The summed E-state index contributed by atoms with van der Waals surface area (Å²) in [6, 6.07) is 1.25. The van der Waals surface area contributed by atoms with Crippen LogP contribution in [0.3, 0.4) is 0 Å². The maximum atomic E-state index is 11.4. The molecule has 1 unspecified atom stereocenters. The predicted molar refractivity (Wildman–Crippen MR) is 62.1 cm³/mol. The fraction of sp³-hybridized carbons (Fsp3) is 0.667. The molecule has 0 heterocycles. The van der Waals surface area contributed by atoms with Gasteiger partial charge in [-0.1, -0.05) is 5.16 Å². The molecule has 0 radical (unpaired) electrons. The second-order valence-electron chi connectivity index (χ2n) is 2.87. The lowest BCUT2D eigenvalue weighted by atomic mass is 10.2. The SMILES string of the molecule is CO/N=C(\C#N)C(=O)NC(CO)CCSC. The topological polar surface area (TPSA) is 94.7 Å². The molecule has 2 N–H and O–H groups in total. The number of nitriles is 1. The lowest BCUT2D eigenvalue weighted by Crippen LogP contribution is -2.41. The smallest absolute Gasteiger partial charge is 0.284 e. The van der Waals surface area contributed by atoms with Crippen LogP contribution in [0.25, 0.3) is 0 Å². The van der Waals surface area contributed by atoms with Gasteiger partial charge in [-0.15, -0.1) is 0 Å². The van der Waals surface area contributed by atoms with Gasteiger partial charge >= 0.3 is 0 Å². The molecule has 0 bridgehead atoms. The first kappa shape index (κ1) is 14.7. The number of hydrogen-bond donors (Lipinski definition) is 2. The maximum Gasteiger partial charge on any atom is 0.284 e. The summed E-state index contributed by atoms with van der Waals surface area (Å²) in [4.78, 5) is 15.8. The number of carbonyl (C=O) groups is 1. The van der Waals surface area contributed by atoms with Gasteiger partial charge in [0.1, 0.15) is 13.2 Å². The van der Waals surface area contributed by atoms with E-state index in [-0.39, 0.29) is 18.4 Å². The number of nitrogens with one attached hydrogen (secondary N) is 1. The fourth-order valence-electron chi connectivity index (χ4n) is 0.927. The first-order valence-electron chi connectivity index (χ1n) is 4.61. The molecule has 0 saturated heterocycles. The van der Waals surface area contributed by atoms with Crippen LogP contribution in [0.15, 0.2) is 5.16 Å². The van der Waals surface area contributed by atoms with E-state index >= 15 is 0 Å². The third kappa shape index (κ3) is 5.58. The van der Waals surface area contributed by atoms with Crippen LogP contribution in [0.2, 0.25) is 0 Å². The van der Waals surface area contributed by atoms with Gasteiger partial charge in [0.2, 0.25) is 5.71 Å². The van der Waals surface area contributed by atoms with Gasteiger partial charge in [0.25, 0.3) is 5.91 Å². The number of oxime groups is 1. The first-order chi connectivity index (χ1) is 7.69. The Morgan fingerprint density at radius 1 is 1.75 bits per heavy atom. The van der Waals surface area contributed by atoms with Gasteiger partial charge in [-0.25, -0.2) is 0 Å². The van der Waals surface area contributed by atoms with Crippen LogP contribution in [0.1, 0.15) is 6.42 Å². The van der Waals surface area contributed by atoms with E-state index in [1.807, 2.05) is 6.26 Å². The van der Waals surface area contributed by atoms with Crippen molar-refractivity contribution in [3.8, 4) is 6.07 Å². The van der Waals surface area contributed by atoms with Crippen LogP contribution in [0.4, 0.5) is 0 Å². The Bertz CT molecular complexity index is 288. The van der Waals surface area contributed by atoms with Crippen LogP contribution in [0.5, 0.6) is 0 Å².